The minimum absolute atomic E-state index is 0.0106. The zero-order valence-electron chi connectivity index (χ0n) is 22.7. The summed E-state index contributed by atoms with van der Waals surface area (Å²) in [4.78, 5) is 21.0. The van der Waals surface area contributed by atoms with Gasteiger partial charge < -0.3 is 14.5 Å². The van der Waals surface area contributed by atoms with Gasteiger partial charge in [-0.2, -0.15) is 10.4 Å². The normalized spacial score (nSPS) is 18.1. The molecule has 4 aromatic rings. The van der Waals surface area contributed by atoms with Crippen molar-refractivity contribution in [3.63, 3.8) is 0 Å². The highest BCUT2D eigenvalue weighted by molar-refractivity contribution is 5.99. The second kappa shape index (κ2) is 10.4. The van der Waals surface area contributed by atoms with Crippen LogP contribution in [0.2, 0.25) is 0 Å². The van der Waals surface area contributed by atoms with E-state index in [9.17, 15) is 10.1 Å². The lowest BCUT2D eigenvalue weighted by atomic mass is 9.86. The highest BCUT2D eigenvalue weighted by Crippen LogP contribution is 2.45. The number of H-pyrrole nitrogens is 1. The molecule has 2 saturated heterocycles. The number of hydrogen-bond donors (Lipinski definition) is 1. The number of rotatable bonds is 5. The monoisotopic (exact) mass is 530 g/mol. The van der Waals surface area contributed by atoms with Crippen LogP contribution in [0.3, 0.4) is 0 Å². The molecule has 1 unspecified atom stereocenters. The molecule has 1 atom stereocenters. The number of nitrogens with zero attached hydrogens (tertiary/aromatic N) is 5. The van der Waals surface area contributed by atoms with E-state index in [1.165, 1.54) is 0 Å². The summed E-state index contributed by atoms with van der Waals surface area (Å²) < 4.78 is 6.29. The third kappa shape index (κ3) is 4.63. The molecule has 2 aromatic carbocycles. The Bertz CT molecular complexity index is 1690. The largest absolute Gasteiger partial charge is 0.487 e. The number of nitrogens with one attached hydrogen (secondary N) is 1. The van der Waals surface area contributed by atoms with E-state index >= 15 is 0 Å². The van der Waals surface area contributed by atoms with Crippen LogP contribution in [0, 0.1) is 35.5 Å². The van der Waals surface area contributed by atoms with Crippen molar-refractivity contribution in [1.29, 1.82) is 5.26 Å². The molecule has 0 saturated carbocycles. The summed E-state index contributed by atoms with van der Waals surface area (Å²) in [6.45, 7) is 7.04. The van der Waals surface area contributed by atoms with E-state index in [-0.39, 0.29) is 11.3 Å². The van der Waals surface area contributed by atoms with Crippen LogP contribution in [0.25, 0.3) is 22.0 Å². The molecule has 2 aliphatic heterocycles. The highest BCUT2D eigenvalue weighted by Gasteiger charge is 2.45. The van der Waals surface area contributed by atoms with Crippen LogP contribution in [0.5, 0.6) is 5.75 Å². The second-order valence-corrected chi connectivity index (χ2v) is 10.7. The van der Waals surface area contributed by atoms with Crippen molar-refractivity contribution in [2.45, 2.75) is 33.3 Å². The van der Waals surface area contributed by atoms with Crippen molar-refractivity contribution >= 4 is 22.5 Å². The van der Waals surface area contributed by atoms with Crippen LogP contribution in [-0.4, -0.2) is 52.2 Å². The molecule has 1 N–H and O–H groups in total. The molecular weight excluding hydrogens is 500 g/mol. The van der Waals surface area contributed by atoms with Crippen molar-refractivity contribution < 1.29 is 9.53 Å². The number of nitriles is 1. The number of hydrogen-bond acceptors (Lipinski definition) is 6. The van der Waals surface area contributed by atoms with E-state index in [1.54, 1.807) is 13.1 Å². The first kappa shape index (κ1) is 25.5. The summed E-state index contributed by atoms with van der Waals surface area (Å²) in [7, 11) is 0. The maximum absolute atomic E-state index is 12.5. The fraction of sp³-hybridized carbons (Fsp3) is 0.312. The summed E-state index contributed by atoms with van der Waals surface area (Å²) >= 11 is 0. The number of benzene rings is 2. The van der Waals surface area contributed by atoms with Gasteiger partial charge in [0.15, 0.2) is 0 Å². The van der Waals surface area contributed by atoms with Gasteiger partial charge in [0, 0.05) is 54.8 Å². The summed E-state index contributed by atoms with van der Waals surface area (Å²) in [5.74, 6) is 5.98. The average Bonchev–Trinajstić information content (AvgIpc) is 3.72. The van der Waals surface area contributed by atoms with Gasteiger partial charge >= 0.3 is 0 Å². The molecule has 6 rings (SSSR count). The van der Waals surface area contributed by atoms with Gasteiger partial charge in [0.1, 0.15) is 18.4 Å². The number of pyridine rings is 1. The van der Waals surface area contributed by atoms with E-state index in [1.807, 2.05) is 53.6 Å². The minimum Gasteiger partial charge on any atom is -0.487 e. The molecule has 1 amide bonds. The number of ether oxygens (including phenoxy) is 1. The van der Waals surface area contributed by atoms with Crippen LogP contribution < -0.4 is 9.64 Å². The van der Waals surface area contributed by atoms with E-state index in [0.717, 1.165) is 64.9 Å². The number of fused-ring (bicyclic) bond motifs is 1. The van der Waals surface area contributed by atoms with E-state index in [4.69, 9.17) is 4.74 Å². The molecule has 0 radical (unpaired) electrons. The van der Waals surface area contributed by atoms with Crippen molar-refractivity contribution in [1.82, 2.24) is 20.1 Å². The zero-order chi connectivity index (χ0) is 27.7. The van der Waals surface area contributed by atoms with E-state index < -0.39 is 0 Å². The van der Waals surface area contributed by atoms with E-state index in [2.05, 4.69) is 44.9 Å². The van der Waals surface area contributed by atoms with Gasteiger partial charge in [-0.1, -0.05) is 18.1 Å². The Hall–Kier alpha value is -4.82. The van der Waals surface area contributed by atoms with Crippen molar-refractivity contribution in [3.05, 3.63) is 71.7 Å². The number of aryl methyl sites for hydroxylation is 1. The van der Waals surface area contributed by atoms with Crippen LogP contribution in [0.15, 0.2) is 54.9 Å². The molecule has 0 bridgehead atoms. The van der Waals surface area contributed by atoms with Crippen molar-refractivity contribution in [3.8, 4) is 34.8 Å². The van der Waals surface area contributed by atoms with Gasteiger partial charge in [0.25, 0.3) is 5.91 Å². The lowest BCUT2D eigenvalue weighted by molar-refractivity contribution is -0.124. The molecule has 8 heteroatoms. The summed E-state index contributed by atoms with van der Waals surface area (Å²) in [5.41, 5.74) is 6.04. The Morgan fingerprint density at radius 2 is 2.05 bits per heavy atom. The SMILES string of the molecule is CC#CC(=O)N1CCC2(CCN(c3cc(OCc4ccccn4)cc(-c4c(C)ccc5[nH]ncc45)c3C#N)C2)C1. The fourth-order valence-corrected chi connectivity index (χ4v) is 6.14. The molecule has 0 aliphatic carbocycles. The van der Waals surface area contributed by atoms with Gasteiger partial charge in [-0.15, -0.1) is 0 Å². The Morgan fingerprint density at radius 3 is 2.85 bits per heavy atom. The topological polar surface area (TPSA) is 98.1 Å². The first-order valence-electron chi connectivity index (χ1n) is 13.5. The average molecular weight is 531 g/mol. The third-order valence-corrected chi connectivity index (χ3v) is 8.15. The first-order chi connectivity index (χ1) is 19.5. The second-order valence-electron chi connectivity index (χ2n) is 10.7. The molecule has 4 heterocycles. The Kier molecular flexibility index (Phi) is 6.61. The number of amides is 1. The van der Waals surface area contributed by atoms with Crippen molar-refractivity contribution in [2.24, 2.45) is 5.41 Å². The van der Waals surface area contributed by atoms with Gasteiger partial charge in [-0.05, 0) is 68.0 Å². The summed E-state index contributed by atoms with van der Waals surface area (Å²) in [6.07, 6.45) is 5.45. The summed E-state index contributed by atoms with van der Waals surface area (Å²) in [5, 5.41) is 18.8. The minimum atomic E-state index is -0.105. The smallest absolute Gasteiger partial charge is 0.298 e. The molecule has 2 fully saturated rings. The zero-order valence-corrected chi connectivity index (χ0v) is 22.7. The molecule has 1 spiro atoms. The van der Waals surface area contributed by atoms with E-state index in [0.29, 0.717) is 31.0 Å². The highest BCUT2D eigenvalue weighted by atomic mass is 16.5. The fourth-order valence-electron chi connectivity index (χ4n) is 6.14. The number of carbonyl (C=O) groups is 1. The lowest BCUT2D eigenvalue weighted by Gasteiger charge is -2.27. The standard InChI is InChI=1S/C32H30N6O2/c1-3-6-30(39)38-14-11-32(21-38)10-13-37(20-32)29-16-24(40-19-23-7-4-5-12-34-23)15-25(26(29)17-33)31-22(2)8-9-28-27(31)18-35-36-28/h4-5,7-9,12,15-16,18H,10-11,13-14,19-21H2,1-2H3,(H,35,36). The van der Waals surface area contributed by atoms with Crippen molar-refractivity contribution in [2.75, 3.05) is 31.1 Å². The maximum Gasteiger partial charge on any atom is 0.298 e. The van der Waals surface area contributed by atoms with Gasteiger partial charge in [0.05, 0.1) is 28.7 Å². The Labute approximate surface area is 233 Å². The van der Waals surface area contributed by atoms with Gasteiger partial charge in [-0.3, -0.25) is 14.9 Å². The number of anilines is 1. The number of aromatic amines is 1. The molecule has 200 valence electrons. The predicted molar refractivity (Wildman–Crippen MR) is 153 cm³/mol. The Morgan fingerprint density at radius 1 is 1.18 bits per heavy atom. The molecule has 40 heavy (non-hydrogen) atoms. The number of carbonyl (C=O) groups excluding carboxylic acids is 1. The van der Waals surface area contributed by atoms with Crippen LogP contribution in [0.4, 0.5) is 5.69 Å². The molecule has 2 aromatic heterocycles. The molecular formula is C32H30N6O2. The lowest BCUT2D eigenvalue weighted by Crippen LogP contribution is -2.33. The van der Waals surface area contributed by atoms with Gasteiger partial charge in [-0.25, -0.2) is 0 Å². The maximum atomic E-state index is 12.5. The molecule has 2 aliphatic rings. The van der Waals surface area contributed by atoms with Gasteiger partial charge in [0.2, 0.25) is 0 Å². The number of likely N-dealkylation sites (tertiary alicyclic amines) is 1. The quantitative estimate of drug-likeness (QED) is 0.371. The van der Waals surface area contributed by atoms with Crippen LogP contribution in [0.1, 0.15) is 36.6 Å². The first-order valence-corrected chi connectivity index (χ1v) is 13.5. The number of aromatic nitrogens is 3. The summed E-state index contributed by atoms with van der Waals surface area (Å²) in [6, 6.07) is 16.3. The van der Waals surface area contributed by atoms with Crippen LogP contribution in [-0.2, 0) is 11.4 Å². The molecule has 8 nitrogen and oxygen atoms in total. The third-order valence-electron chi connectivity index (χ3n) is 8.15. The van der Waals surface area contributed by atoms with Crippen LogP contribution >= 0.6 is 0 Å². The predicted octanol–water partition coefficient (Wildman–Crippen LogP) is 4.84. The Balaban J connectivity index is 1.41.